The Kier molecular flexibility index (Phi) is 15.7. The molecule has 2 N–H and O–H groups in total. The van der Waals surface area contributed by atoms with Crippen molar-refractivity contribution < 1.29 is 29.3 Å². The molecular formula is C45H63N3O6. The van der Waals surface area contributed by atoms with Gasteiger partial charge < -0.3 is 19.7 Å². The molecule has 3 aliphatic rings. The van der Waals surface area contributed by atoms with Gasteiger partial charge in [0.2, 0.25) is 0 Å². The van der Waals surface area contributed by atoms with Crippen LogP contribution in [0.5, 0.6) is 0 Å². The van der Waals surface area contributed by atoms with Crippen LogP contribution in [0, 0.1) is 46.8 Å². The number of fused-ring (bicyclic) bond motifs is 1. The molecule has 0 unspecified atom stereocenters. The molecule has 1 saturated carbocycles. The average molecular weight is 742 g/mol. The first-order valence-electron chi connectivity index (χ1n) is 20.4. The molecule has 2 fully saturated rings. The quantitative estimate of drug-likeness (QED) is 0.287. The lowest BCUT2D eigenvalue weighted by atomic mass is 9.82. The fraction of sp³-hybridized carbons (Fsp3) is 0.622. The Labute approximate surface area is 323 Å². The van der Waals surface area contributed by atoms with Gasteiger partial charge in [-0.2, -0.15) is 5.26 Å². The number of rotatable bonds is 7. The maximum absolute atomic E-state index is 13.5. The molecule has 9 atom stereocenters. The Morgan fingerprint density at radius 2 is 1.63 bits per heavy atom. The van der Waals surface area contributed by atoms with Crippen molar-refractivity contribution >= 4 is 22.7 Å². The lowest BCUT2D eigenvalue weighted by Crippen LogP contribution is -2.47. The van der Waals surface area contributed by atoms with Crippen molar-refractivity contribution in [3.63, 3.8) is 0 Å². The van der Waals surface area contributed by atoms with Crippen LogP contribution in [0.1, 0.15) is 84.6 Å². The Balaban J connectivity index is 1.16. The first-order chi connectivity index (χ1) is 26.0. The van der Waals surface area contributed by atoms with Crippen LogP contribution in [-0.4, -0.2) is 89.6 Å². The highest BCUT2D eigenvalue weighted by Gasteiger charge is 2.41. The van der Waals surface area contributed by atoms with Gasteiger partial charge >= 0.3 is 11.9 Å². The zero-order valence-corrected chi connectivity index (χ0v) is 32.9. The fourth-order valence-corrected chi connectivity index (χ4v) is 9.10. The number of nitrogens with zero attached hydrogens (tertiary/aromatic N) is 3. The number of hydrogen-bond donors (Lipinski definition) is 2. The monoisotopic (exact) mass is 741 g/mol. The highest BCUT2D eigenvalue weighted by atomic mass is 16.5. The third kappa shape index (κ3) is 12.0. The van der Waals surface area contributed by atoms with Gasteiger partial charge in [0.1, 0.15) is 12.7 Å². The number of cyclic esters (lactones) is 1. The molecule has 2 aromatic rings. The molecule has 1 saturated heterocycles. The molecule has 5 rings (SSSR count). The number of piperazine rings is 1. The van der Waals surface area contributed by atoms with E-state index >= 15 is 0 Å². The van der Waals surface area contributed by atoms with Crippen LogP contribution in [0.4, 0.5) is 0 Å². The molecule has 9 nitrogen and oxygen atoms in total. The van der Waals surface area contributed by atoms with Crippen LogP contribution in [-0.2, 0) is 25.6 Å². The van der Waals surface area contributed by atoms with Gasteiger partial charge in [0.25, 0.3) is 0 Å². The molecule has 54 heavy (non-hydrogen) atoms. The number of esters is 2. The van der Waals surface area contributed by atoms with Gasteiger partial charge in [-0.05, 0) is 84.3 Å². The second-order valence-electron chi connectivity index (χ2n) is 16.7. The third-order valence-electron chi connectivity index (χ3n) is 12.1. The second-order valence-corrected chi connectivity index (χ2v) is 16.7. The van der Waals surface area contributed by atoms with Gasteiger partial charge in [-0.15, -0.1) is 0 Å². The molecule has 0 aromatic heterocycles. The molecule has 1 aliphatic carbocycles. The Morgan fingerprint density at radius 1 is 0.926 bits per heavy atom. The highest BCUT2D eigenvalue weighted by Crippen LogP contribution is 2.38. The minimum atomic E-state index is -0.876. The van der Waals surface area contributed by atoms with Crippen molar-refractivity contribution in [2.45, 2.75) is 104 Å². The van der Waals surface area contributed by atoms with Gasteiger partial charge in [-0.1, -0.05) is 82.7 Å². The fourth-order valence-electron chi connectivity index (χ4n) is 9.10. The van der Waals surface area contributed by atoms with E-state index in [1.54, 1.807) is 12.2 Å². The standard InChI is InChI=1S/C45H63N3O6/c1-31-24-32(2)26-34(4)44(51)38(29-46)12-7-8-15-42(54-43(50)28-41(49)33(3)25-31)39-13-9-14-40(39)45(52)53-23-22-47-18-20-48(21-19-47)30-35-16-17-36-10-5-6-11-37(36)27-35/h5-8,10-12,16-17,27,31-34,39-42,44,49,51H,9,13-15,18-26,28,30H2,1-4H3/b8-7+,38-12-/t31-,32+,33-,34-,39+,40+,41-,42-,44+/m0/s1. The van der Waals surface area contributed by atoms with E-state index in [0.717, 1.165) is 64.8 Å². The second kappa shape index (κ2) is 20.4. The van der Waals surface area contributed by atoms with Crippen LogP contribution < -0.4 is 0 Å². The number of nitriles is 1. The number of allylic oxidation sites excluding steroid dienone is 2. The van der Waals surface area contributed by atoms with E-state index in [1.807, 2.05) is 19.9 Å². The Hall–Kier alpha value is -3.55. The minimum Gasteiger partial charge on any atom is -0.464 e. The van der Waals surface area contributed by atoms with Crippen molar-refractivity contribution in [3.8, 4) is 6.07 Å². The number of aliphatic hydroxyl groups excluding tert-OH is 2. The van der Waals surface area contributed by atoms with Gasteiger partial charge in [-0.3, -0.25) is 19.4 Å². The minimum absolute atomic E-state index is 0.0852. The SMILES string of the molecule is C[C@@H]1C[C@H](C)C[C@H](C)[C@@H](O)CC(=O)O[C@H]([C@@H]2CCC[C@H]2C(=O)OCCN2CCN(Cc3ccc4ccccc4c3)CC2)C/C=C/C=C(/C#N)[C@H](O)[C@@H](C)C1. The van der Waals surface area contributed by atoms with Crippen LogP contribution in [0.25, 0.3) is 10.8 Å². The van der Waals surface area contributed by atoms with Crippen molar-refractivity contribution in [2.24, 2.45) is 35.5 Å². The highest BCUT2D eigenvalue weighted by molar-refractivity contribution is 5.83. The summed E-state index contributed by atoms with van der Waals surface area (Å²) in [6, 6.07) is 17.3. The van der Waals surface area contributed by atoms with Gasteiger partial charge in [0.15, 0.2) is 0 Å². The number of benzene rings is 2. The summed E-state index contributed by atoms with van der Waals surface area (Å²) in [5, 5.41) is 34.4. The van der Waals surface area contributed by atoms with E-state index in [-0.39, 0.29) is 36.1 Å². The number of hydrogen-bond acceptors (Lipinski definition) is 9. The zero-order chi connectivity index (χ0) is 38.6. The summed E-state index contributed by atoms with van der Waals surface area (Å²) in [4.78, 5) is 31.7. The molecule has 9 heteroatoms. The molecule has 2 aliphatic heterocycles. The first kappa shape index (κ1) is 41.6. The summed E-state index contributed by atoms with van der Waals surface area (Å²) >= 11 is 0. The van der Waals surface area contributed by atoms with Gasteiger partial charge in [0, 0.05) is 51.6 Å². The maximum atomic E-state index is 13.5. The summed E-state index contributed by atoms with van der Waals surface area (Å²) in [6.07, 6.45) is 7.93. The Morgan fingerprint density at radius 3 is 2.37 bits per heavy atom. The molecule has 0 radical (unpaired) electrons. The number of aliphatic hydroxyl groups is 2. The van der Waals surface area contributed by atoms with E-state index in [1.165, 1.54) is 16.3 Å². The summed E-state index contributed by atoms with van der Waals surface area (Å²) in [5.74, 6) is -0.819. The molecule has 2 aromatic carbocycles. The lowest BCUT2D eigenvalue weighted by Gasteiger charge is -2.34. The number of ether oxygens (including phenoxy) is 2. The largest absolute Gasteiger partial charge is 0.464 e. The van der Waals surface area contributed by atoms with E-state index in [9.17, 15) is 25.1 Å². The predicted octanol–water partition coefficient (Wildman–Crippen LogP) is 7.07. The van der Waals surface area contributed by atoms with Crippen molar-refractivity contribution in [3.05, 3.63) is 71.8 Å². The molecule has 294 valence electrons. The van der Waals surface area contributed by atoms with Crippen LogP contribution in [0.15, 0.2) is 66.3 Å². The van der Waals surface area contributed by atoms with Crippen molar-refractivity contribution in [1.82, 2.24) is 9.80 Å². The summed E-state index contributed by atoms with van der Waals surface area (Å²) in [6.45, 7) is 14.0. The number of carbonyl (C=O) groups excluding carboxylic acids is 2. The normalized spacial score (nSPS) is 33.1. The Bertz CT molecular complexity index is 1630. The summed E-state index contributed by atoms with van der Waals surface area (Å²) in [7, 11) is 0. The number of carbonyl (C=O) groups is 2. The predicted molar refractivity (Wildman–Crippen MR) is 212 cm³/mol. The average Bonchev–Trinajstić information content (AvgIpc) is 3.64. The topological polar surface area (TPSA) is 123 Å². The maximum Gasteiger partial charge on any atom is 0.309 e. The lowest BCUT2D eigenvalue weighted by molar-refractivity contribution is -0.161. The summed E-state index contributed by atoms with van der Waals surface area (Å²) < 4.78 is 12.0. The van der Waals surface area contributed by atoms with Gasteiger partial charge in [-0.25, -0.2) is 0 Å². The molecule has 0 spiro atoms. The van der Waals surface area contributed by atoms with Gasteiger partial charge in [0.05, 0.1) is 36.2 Å². The molecule has 2 heterocycles. The van der Waals surface area contributed by atoms with E-state index in [4.69, 9.17) is 9.47 Å². The van der Waals surface area contributed by atoms with Crippen LogP contribution in [0.3, 0.4) is 0 Å². The van der Waals surface area contributed by atoms with Crippen molar-refractivity contribution in [2.75, 3.05) is 39.3 Å². The molecule has 0 bridgehead atoms. The smallest absolute Gasteiger partial charge is 0.309 e. The van der Waals surface area contributed by atoms with Crippen LogP contribution >= 0.6 is 0 Å². The van der Waals surface area contributed by atoms with E-state index in [0.29, 0.717) is 43.4 Å². The molecule has 0 amide bonds. The third-order valence-corrected chi connectivity index (χ3v) is 12.1. The van der Waals surface area contributed by atoms with Crippen LogP contribution in [0.2, 0.25) is 0 Å². The van der Waals surface area contributed by atoms with E-state index < -0.39 is 24.3 Å². The summed E-state index contributed by atoms with van der Waals surface area (Å²) in [5.41, 5.74) is 1.62. The molecular weight excluding hydrogens is 679 g/mol. The zero-order valence-electron chi connectivity index (χ0n) is 32.9. The van der Waals surface area contributed by atoms with Crippen molar-refractivity contribution in [1.29, 1.82) is 5.26 Å². The van der Waals surface area contributed by atoms with E-state index in [2.05, 4.69) is 72.2 Å². The first-order valence-corrected chi connectivity index (χ1v) is 20.4.